The third kappa shape index (κ3) is 4.01. The lowest BCUT2D eigenvalue weighted by Crippen LogP contribution is -2.33. The van der Waals surface area contributed by atoms with Gasteiger partial charge in [0, 0.05) is 11.6 Å². The quantitative estimate of drug-likeness (QED) is 0.797. The van der Waals surface area contributed by atoms with Crippen LogP contribution >= 0.6 is 11.6 Å². The molecule has 4 rings (SSSR count). The highest BCUT2D eigenvalue weighted by molar-refractivity contribution is 6.32. The number of hydrogen-bond acceptors (Lipinski definition) is 5. The maximum atomic E-state index is 12.7. The molecule has 27 heavy (non-hydrogen) atoms. The van der Waals surface area contributed by atoms with E-state index in [4.69, 9.17) is 25.8 Å². The highest BCUT2D eigenvalue weighted by atomic mass is 35.5. The molecule has 0 radical (unpaired) electrons. The molecule has 0 spiro atoms. The Kier molecular flexibility index (Phi) is 4.90. The zero-order chi connectivity index (χ0) is 18.8. The second kappa shape index (κ2) is 7.48. The molecule has 1 fully saturated rings. The largest absolute Gasteiger partial charge is 0.486 e. The molecule has 1 aliphatic heterocycles. The van der Waals surface area contributed by atoms with Crippen LogP contribution in [0.25, 0.3) is 0 Å². The van der Waals surface area contributed by atoms with Crippen LogP contribution in [0.15, 0.2) is 42.5 Å². The Labute approximate surface area is 161 Å². The van der Waals surface area contributed by atoms with E-state index in [0.29, 0.717) is 30.3 Å². The average molecular weight is 388 g/mol. The molecule has 7 heteroatoms. The van der Waals surface area contributed by atoms with E-state index in [2.05, 4.69) is 5.32 Å². The van der Waals surface area contributed by atoms with E-state index in [1.807, 2.05) is 6.07 Å². The van der Waals surface area contributed by atoms with Crippen molar-refractivity contribution < 1.29 is 23.8 Å². The lowest BCUT2D eigenvalue weighted by molar-refractivity contribution is -0.130. The Balaban J connectivity index is 1.58. The first-order chi connectivity index (χ1) is 13.1. The van der Waals surface area contributed by atoms with Crippen LogP contribution < -0.4 is 14.8 Å². The molecule has 1 saturated carbocycles. The van der Waals surface area contributed by atoms with Crippen molar-refractivity contribution in [3.8, 4) is 11.5 Å². The predicted octanol–water partition coefficient (Wildman–Crippen LogP) is 3.29. The van der Waals surface area contributed by atoms with Gasteiger partial charge in [-0.3, -0.25) is 4.79 Å². The first-order valence-corrected chi connectivity index (χ1v) is 9.15. The van der Waals surface area contributed by atoms with Crippen molar-refractivity contribution in [2.24, 2.45) is 0 Å². The van der Waals surface area contributed by atoms with Gasteiger partial charge in [-0.25, -0.2) is 4.79 Å². The molecule has 0 saturated heterocycles. The molecule has 1 amide bonds. The van der Waals surface area contributed by atoms with Gasteiger partial charge in [-0.05, 0) is 25.0 Å². The minimum Gasteiger partial charge on any atom is -0.486 e. The summed E-state index contributed by atoms with van der Waals surface area (Å²) < 4.78 is 16.5. The summed E-state index contributed by atoms with van der Waals surface area (Å²) in [4.78, 5) is 25.3. The van der Waals surface area contributed by atoms with Crippen molar-refractivity contribution in [1.29, 1.82) is 0 Å². The number of carbonyl (C=O) groups is 2. The summed E-state index contributed by atoms with van der Waals surface area (Å²) in [5.74, 6) is -0.195. The van der Waals surface area contributed by atoms with Gasteiger partial charge in [0.05, 0.1) is 10.6 Å². The van der Waals surface area contributed by atoms with E-state index < -0.39 is 12.1 Å². The Morgan fingerprint density at radius 3 is 2.59 bits per heavy atom. The summed E-state index contributed by atoms with van der Waals surface area (Å²) in [5.41, 5.74) is 0.803. The Hall–Kier alpha value is -2.73. The van der Waals surface area contributed by atoms with Crippen LogP contribution in [0, 0.1) is 0 Å². The number of amides is 1. The summed E-state index contributed by atoms with van der Waals surface area (Å²) in [6, 6.07) is 12.1. The molecule has 1 aliphatic carbocycles. The number of halogens is 1. The van der Waals surface area contributed by atoms with Crippen LogP contribution in [0.2, 0.25) is 5.02 Å². The SMILES string of the molecule is O=C(O[C@H](C(=O)NC1CC1)c1ccccc1)c1cc(Cl)c2c(c1)OCCO2. The van der Waals surface area contributed by atoms with E-state index in [1.165, 1.54) is 12.1 Å². The summed E-state index contributed by atoms with van der Waals surface area (Å²) in [7, 11) is 0. The third-order valence-electron chi connectivity index (χ3n) is 4.32. The van der Waals surface area contributed by atoms with Crippen LogP contribution in [0.1, 0.15) is 34.9 Å². The summed E-state index contributed by atoms with van der Waals surface area (Å²) in [6.45, 7) is 0.770. The van der Waals surface area contributed by atoms with Gasteiger partial charge in [0.1, 0.15) is 13.2 Å². The fourth-order valence-electron chi connectivity index (χ4n) is 2.81. The Morgan fingerprint density at radius 2 is 1.85 bits per heavy atom. The van der Waals surface area contributed by atoms with E-state index >= 15 is 0 Å². The molecule has 2 aliphatic rings. The van der Waals surface area contributed by atoms with Gasteiger partial charge in [0.25, 0.3) is 5.91 Å². The molecule has 6 nitrogen and oxygen atoms in total. The monoisotopic (exact) mass is 387 g/mol. The molecule has 0 bridgehead atoms. The first-order valence-electron chi connectivity index (χ1n) is 8.77. The van der Waals surface area contributed by atoms with Gasteiger partial charge < -0.3 is 19.5 Å². The molecule has 2 aromatic rings. The van der Waals surface area contributed by atoms with Crippen molar-refractivity contribution in [3.63, 3.8) is 0 Å². The summed E-state index contributed by atoms with van der Waals surface area (Å²) >= 11 is 6.19. The molecule has 0 unspecified atom stereocenters. The number of fused-ring (bicyclic) bond motifs is 1. The topological polar surface area (TPSA) is 73.9 Å². The number of ether oxygens (including phenoxy) is 3. The molecule has 1 N–H and O–H groups in total. The fourth-order valence-corrected chi connectivity index (χ4v) is 3.07. The van der Waals surface area contributed by atoms with Crippen LogP contribution in [0.4, 0.5) is 0 Å². The van der Waals surface area contributed by atoms with Gasteiger partial charge in [-0.15, -0.1) is 0 Å². The molecule has 0 aromatic heterocycles. The zero-order valence-corrected chi connectivity index (χ0v) is 15.2. The Morgan fingerprint density at radius 1 is 1.11 bits per heavy atom. The van der Waals surface area contributed by atoms with Crippen LogP contribution in [-0.2, 0) is 9.53 Å². The first kappa shape index (κ1) is 17.7. The molecular formula is C20H18ClNO5. The van der Waals surface area contributed by atoms with Crippen molar-refractivity contribution in [2.45, 2.75) is 25.0 Å². The summed E-state index contributed by atoms with van der Waals surface area (Å²) in [5, 5.41) is 3.15. The van der Waals surface area contributed by atoms with Crippen molar-refractivity contribution in [1.82, 2.24) is 5.32 Å². The molecule has 2 aromatic carbocycles. The minimum atomic E-state index is -1.04. The second-order valence-electron chi connectivity index (χ2n) is 6.46. The van der Waals surface area contributed by atoms with Crippen molar-refractivity contribution in [2.75, 3.05) is 13.2 Å². The highest BCUT2D eigenvalue weighted by Crippen LogP contribution is 2.38. The Bertz CT molecular complexity index is 866. The van der Waals surface area contributed by atoms with Gasteiger partial charge >= 0.3 is 5.97 Å². The lowest BCUT2D eigenvalue weighted by Gasteiger charge is -2.21. The average Bonchev–Trinajstić information content (AvgIpc) is 3.50. The van der Waals surface area contributed by atoms with Gasteiger partial charge in [0.2, 0.25) is 6.10 Å². The minimum absolute atomic E-state index is 0.158. The highest BCUT2D eigenvalue weighted by Gasteiger charge is 2.31. The molecular weight excluding hydrogens is 370 g/mol. The van der Waals surface area contributed by atoms with Gasteiger partial charge in [-0.1, -0.05) is 41.9 Å². The number of rotatable bonds is 5. The fraction of sp³-hybridized carbons (Fsp3) is 0.300. The normalized spacial score (nSPS) is 16.3. The van der Waals surface area contributed by atoms with Crippen LogP contribution in [-0.4, -0.2) is 31.1 Å². The van der Waals surface area contributed by atoms with Crippen molar-refractivity contribution in [3.05, 3.63) is 58.6 Å². The van der Waals surface area contributed by atoms with E-state index in [1.54, 1.807) is 24.3 Å². The van der Waals surface area contributed by atoms with E-state index in [0.717, 1.165) is 12.8 Å². The van der Waals surface area contributed by atoms with Gasteiger partial charge in [0.15, 0.2) is 11.5 Å². The smallest absolute Gasteiger partial charge is 0.339 e. The predicted molar refractivity (Wildman–Crippen MR) is 98.2 cm³/mol. The number of benzene rings is 2. The van der Waals surface area contributed by atoms with E-state index in [9.17, 15) is 9.59 Å². The van der Waals surface area contributed by atoms with Crippen LogP contribution in [0.3, 0.4) is 0 Å². The second-order valence-corrected chi connectivity index (χ2v) is 6.87. The maximum absolute atomic E-state index is 12.7. The number of carbonyl (C=O) groups excluding carboxylic acids is 2. The lowest BCUT2D eigenvalue weighted by atomic mass is 10.1. The van der Waals surface area contributed by atoms with Crippen molar-refractivity contribution >= 4 is 23.5 Å². The molecule has 1 atom stereocenters. The summed E-state index contributed by atoms with van der Waals surface area (Å²) in [6.07, 6.45) is 0.851. The maximum Gasteiger partial charge on any atom is 0.339 e. The van der Waals surface area contributed by atoms with Crippen LogP contribution in [0.5, 0.6) is 11.5 Å². The van der Waals surface area contributed by atoms with Gasteiger partial charge in [-0.2, -0.15) is 0 Å². The van der Waals surface area contributed by atoms with E-state index in [-0.39, 0.29) is 22.5 Å². The third-order valence-corrected chi connectivity index (χ3v) is 4.60. The molecule has 140 valence electrons. The number of esters is 1. The standard InChI is InChI=1S/C20H18ClNO5/c21-15-10-13(11-16-18(15)26-9-8-25-16)20(24)27-17(12-4-2-1-3-5-12)19(23)22-14-6-7-14/h1-5,10-11,14,17H,6-9H2,(H,22,23)/t17-/m0/s1. The molecule has 1 heterocycles. The number of nitrogens with one attached hydrogen (secondary N) is 1. The number of hydrogen-bond donors (Lipinski definition) is 1. The zero-order valence-electron chi connectivity index (χ0n) is 14.4.